The van der Waals surface area contributed by atoms with E-state index in [1.54, 1.807) is 0 Å². The van der Waals surface area contributed by atoms with Gasteiger partial charge in [0.1, 0.15) is 17.3 Å². The van der Waals surface area contributed by atoms with Crippen molar-refractivity contribution in [3.63, 3.8) is 0 Å². The largest absolute Gasteiger partial charge is 0.509 e. The third kappa shape index (κ3) is 2.26. The zero-order chi connectivity index (χ0) is 22.3. The van der Waals surface area contributed by atoms with Gasteiger partial charge in [-0.05, 0) is 32.6 Å². The predicted molar refractivity (Wildman–Crippen MR) is 103 cm³/mol. The molecule has 0 spiro atoms. The van der Waals surface area contributed by atoms with Crippen LogP contribution in [0, 0.1) is 11.8 Å². The van der Waals surface area contributed by atoms with Gasteiger partial charge in [-0.1, -0.05) is 12.1 Å². The lowest BCUT2D eigenvalue weighted by Gasteiger charge is -2.54. The van der Waals surface area contributed by atoms with Crippen LogP contribution in [0.15, 0.2) is 35.6 Å². The van der Waals surface area contributed by atoms with E-state index in [2.05, 4.69) is 0 Å². The average Bonchev–Trinajstić information content (AvgIpc) is 2.64. The van der Waals surface area contributed by atoms with Crippen LogP contribution in [0.2, 0.25) is 0 Å². The number of nitrogens with zero attached hydrogens (tertiary/aromatic N) is 1. The third-order valence-electron chi connectivity index (χ3n) is 6.64. The second-order valence-electron chi connectivity index (χ2n) is 8.54. The number of carbonyl (C=O) groups is 2. The van der Waals surface area contributed by atoms with Crippen LogP contribution in [0.3, 0.4) is 0 Å². The molecule has 0 aliphatic heterocycles. The molecule has 30 heavy (non-hydrogen) atoms. The number of hydrogen-bond donors (Lipinski definition) is 6. The molecule has 6 atom stereocenters. The van der Waals surface area contributed by atoms with E-state index in [1.165, 1.54) is 44.1 Å². The summed E-state index contributed by atoms with van der Waals surface area (Å²) in [7, 11) is 3.04. The summed E-state index contributed by atoms with van der Waals surface area (Å²) in [5, 5.41) is 65.4. The van der Waals surface area contributed by atoms with Crippen molar-refractivity contribution in [2.45, 2.75) is 30.3 Å². The highest BCUT2D eigenvalue weighted by Crippen LogP contribution is 2.56. The number of rotatable bonds is 1. The minimum absolute atomic E-state index is 0.0781. The van der Waals surface area contributed by atoms with Gasteiger partial charge in [-0.3, -0.25) is 14.5 Å². The molecule has 3 aliphatic carbocycles. The van der Waals surface area contributed by atoms with Gasteiger partial charge in [0.25, 0.3) is 0 Å². The van der Waals surface area contributed by atoms with E-state index in [1.807, 2.05) is 0 Å². The van der Waals surface area contributed by atoms with Crippen LogP contribution in [0.25, 0.3) is 5.76 Å². The van der Waals surface area contributed by atoms with Crippen molar-refractivity contribution in [2.75, 3.05) is 14.1 Å². The average molecular weight is 417 g/mol. The van der Waals surface area contributed by atoms with Gasteiger partial charge in [-0.2, -0.15) is 0 Å². The Morgan fingerprint density at radius 2 is 1.70 bits per heavy atom. The van der Waals surface area contributed by atoms with Crippen molar-refractivity contribution < 1.29 is 40.2 Å². The Morgan fingerprint density at radius 3 is 2.30 bits per heavy atom. The maximum Gasteiger partial charge on any atom is 0.202 e. The van der Waals surface area contributed by atoms with E-state index in [4.69, 9.17) is 0 Å². The summed E-state index contributed by atoms with van der Waals surface area (Å²) >= 11 is 0. The predicted octanol–water partition coefficient (Wildman–Crippen LogP) is -0.256. The van der Waals surface area contributed by atoms with Gasteiger partial charge >= 0.3 is 0 Å². The highest BCUT2D eigenvalue weighted by molar-refractivity contribution is 6.13. The summed E-state index contributed by atoms with van der Waals surface area (Å²) in [5.74, 6) is -6.76. The first-order valence-electron chi connectivity index (χ1n) is 9.41. The number of hydrogen-bond acceptors (Lipinski definition) is 9. The van der Waals surface area contributed by atoms with Gasteiger partial charge in [-0.15, -0.1) is 0 Å². The summed E-state index contributed by atoms with van der Waals surface area (Å²) < 4.78 is 0. The molecule has 1 aromatic carbocycles. The van der Waals surface area contributed by atoms with Gasteiger partial charge in [-0.25, -0.2) is 0 Å². The highest BCUT2D eigenvalue weighted by Gasteiger charge is 2.68. The molecule has 0 bridgehead atoms. The first kappa shape index (κ1) is 20.5. The number of Topliss-reactive ketones (excluding diaryl/α,β-unsaturated/α-hetero) is 1. The fourth-order valence-corrected chi connectivity index (χ4v) is 5.29. The number of likely N-dealkylation sites (N-methyl/N-ethyl adjacent to an activating group) is 1. The molecule has 0 unspecified atom stereocenters. The van der Waals surface area contributed by atoms with Crippen LogP contribution in [0.1, 0.15) is 18.1 Å². The molecule has 3 aliphatic rings. The maximum atomic E-state index is 13.5. The molecule has 9 heteroatoms. The monoisotopic (exact) mass is 417 g/mol. The molecule has 4 rings (SSSR count). The molecule has 6 N–H and O–H groups in total. The van der Waals surface area contributed by atoms with Gasteiger partial charge in [0.15, 0.2) is 11.4 Å². The molecular weight excluding hydrogens is 394 g/mol. The first-order valence-corrected chi connectivity index (χ1v) is 9.41. The zero-order valence-corrected chi connectivity index (χ0v) is 16.6. The number of phenolic OH excluding ortho intramolecular Hbond substituents is 1. The number of aliphatic hydroxyl groups excluding tert-OH is 3. The Bertz CT molecular complexity index is 1040. The summed E-state index contributed by atoms with van der Waals surface area (Å²) in [6, 6.07) is 2.96. The van der Waals surface area contributed by atoms with E-state index in [0.29, 0.717) is 0 Å². The SMILES string of the molecule is CN(C)[C@@H]1C(=O)C=C(O)[C@@]2(O)C(=O)C3=C(O)c4c(O)cccc4[C@@](C)(O)[C@H]3[C@H](O)[C@@H]12. The smallest absolute Gasteiger partial charge is 0.202 e. The highest BCUT2D eigenvalue weighted by atomic mass is 16.4. The van der Waals surface area contributed by atoms with Crippen molar-refractivity contribution in [3.05, 3.63) is 46.7 Å². The molecule has 0 heterocycles. The van der Waals surface area contributed by atoms with Crippen LogP contribution in [-0.4, -0.2) is 78.9 Å². The Hall–Kier alpha value is -2.72. The normalized spacial score (nSPS) is 38.2. The Balaban J connectivity index is 2.06. The fraction of sp³-hybridized carbons (Fsp3) is 0.429. The number of benzene rings is 1. The van der Waals surface area contributed by atoms with E-state index >= 15 is 0 Å². The van der Waals surface area contributed by atoms with Crippen LogP contribution in [-0.2, 0) is 15.2 Å². The van der Waals surface area contributed by atoms with Crippen LogP contribution in [0.4, 0.5) is 0 Å². The second-order valence-corrected chi connectivity index (χ2v) is 8.54. The number of aliphatic hydroxyl groups is 5. The quantitative estimate of drug-likeness (QED) is 0.362. The lowest BCUT2D eigenvalue weighted by Crippen LogP contribution is -2.70. The topological polar surface area (TPSA) is 159 Å². The molecule has 1 aromatic rings. The van der Waals surface area contributed by atoms with E-state index in [-0.39, 0.29) is 11.1 Å². The van der Waals surface area contributed by atoms with Crippen molar-refractivity contribution in [1.29, 1.82) is 0 Å². The number of fused-ring (bicyclic) bond motifs is 3. The van der Waals surface area contributed by atoms with Gasteiger partial charge in [0.2, 0.25) is 5.78 Å². The summed E-state index contributed by atoms with van der Waals surface area (Å²) in [6.45, 7) is 1.31. The van der Waals surface area contributed by atoms with Crippen LogP contribution >= 0.6 is 0 Å². The van der Waals surface area contributed by atoms with Gasteiger partial charge < -0.3 is 30.6 Å². The van der Waals surface area contributed by atoms with Crippen LogP contribution < -0.4 is 0 Å². The standard InChI is InChI=1S/C21H23NO8/c1-20(29)8-5-4-6-9(23)12(8)17(26)13-14(20)18(27)15-16(22(2)3)10(24)7-11(25)21(15,30)19(13)28/h4-7,14-16,18,23,25-27,29-30H,1-3H3/t14-,15-,16-,18+,20-,21+/m1/s1. The molecule has 1 fully saturated rings. The molecule has 0 amide bonds. The number of ketones is 2. The fourth-order valence-electron chi connectivity index (χ4n) is 5.29. The summed E-state index contributed by atoms with van der Waals surface area (Å²) in [6.07, 6.45) is -0.974. The Morgan fingerprint density at radius 1 is 1.07 bits per heavy atom. The molecular formula is C21H23NO8. The third-order valence-corrected chi connectivity index (χ3v) is 6.64. The second kappa shape index (κ2) is 6.14. The Kier molecular flexibility index (Phi) is 4.21. The van der Waals surface area contributed by atoms with Crippen LogP contribution in [0.5, 0.6) is 5.75 Å². The summed E-state index contributed by atoms with van der Waals surface area (Å²) in [4.78, 5) is 27.4. The van der Waals surface area contributed by atoms with Crippen molar-refractivity contribution in [1.82, 2.24) is 4.90 Å². The number of phenols is 1. The molecule has 1 saturated carbocycles. The van der Waals surface area contributed by atoms with Crippen molar-refractivity contribution in [2.24, 2.45) is 11.8 Å². The minimum atomic E-state index is -2.69. The van der Waals surface area contributed by atoms with E-state index in [9.17, 15) is 40.2 Å². The molecule has 0 radical (unpaired) electrons. The lowest BCUT2D eigenvalue weighted by molar-refractivity contribution is -0.180. The minimum Gasteiger partial charge on any atom is -0.509 e. The zero-order valence-electron chi connectivity index (χ0n) is 16.6. The number of carbonyl (C=O) groups excluding carboxylic acids is 2. The Labute approximate surface area is 171 Å². The number of aromatic hydroxyl groups is 1. The van der Waals surface area contributed by atoms with Gasteiger partial charge in [0, 0.05) is 6.08 Å². The first-order chi connectivity index (χ1) is 13.9. The lowest BCUT2D eigenvalue weighted by atomic mass is 9.54. The van der Waals surface area contributed by atoms with E-state index in [0.717, 1.165) is 6.08 Å². The molecule has 0 saturated heterocycles. The van der Waals surface area contributed by atoms with Crippen molar-refractivity contribution in [3.8, 4) is 5.75 Å². The molecule has 0 aromatic heterocycles. The molecule has 9 nitrogen and oxygen atoms in total. The maximum absolute atomic E-state index is 13.5. The molecule has 160 valence electrons. The summed E-state index contributed by atoms with van der Waals surface area (Å²) in [5.41, 5.74) is -5.28. The van der Waals surface area contributed by atoms with E-state index < -0.39 is 69.6 Å². The van der Waals surface area contributed by atoms with Gasteiger partial charge in [0.05, 0.1) is 40.7 Å². The van der Waals surface area contributed by atoms with Crippen molar-refractivity contribution >= 4 is 17.3 Å².